The van der Waals surface area contributed by atoms with Crippen LogP contribution in [0.1, 0.15) is 0 Å². The molecule has 0 heterocycles. The summed E-state index contributed by atoms with van der Waals surface area (Å²) in [7, 11) is 0. The third-order valence-electron chi connectivity index (χ3n) is 27.7. The van der Waals surface area contributed by atoms with Gasteiger partial charge in [-0.05, 0) is 326 Å². The minimum absolute atomic E-state index is 1.21. The van der Waals surface area contributed by atoms with E-state index >= 15 is 0 Å². The first kappa shape index (κ1) is 83.2. The van der Waals surface area contributed by atoms with Crippen molar-refractivity contribution < 1.29 is 0 Å². The Labute approximate surface area is 804 Å². The van der Waals surface area contributed by atoms with Crippen molar-refractivity contribution in [3.05, 3.63) is 558 Å². The van der Waals surface area contributed by atoms with Gasteiger partial charge in [0.25, 0.3) is 0 Å². The highest BCUT2D eigenvalue weighted by Gasteiger charge is 2.26. The first-order valence-corrected chi connectivity index (χ1v) is 47.7. The lowest BCUT2D eigenvalue weighted by Crippen LogP contribution is -1.94. The largest absolute Gasteiger partial charge is 0.0622 e. The summed E-state index contributed by atoms with van der Waals surface area (Å²) in [5.41, 5.74) is 34.6. The Kier molecular flexibility index (Phi) is 22.2. The molecule has 26 aromatic rings. The molecule has 0 aromatic heterocycles. The maximum Gasteiger partial charge on any atom is -0.00197 e. The van der Waals surface area contributed by atoms with Gasteiger partial charge in [-0.25, -0.2) is 0 Å². The van der Waals surface area contributed by atoms with Crippen molar-refractivity contribution in [2.24, 2.45) is 0 Å². The molecule has 0 nitrogen and oxygen atoms in total. The Balaban J connectivity index is 0.000000113. The van der Waals surface area contributed by atoms with Crippen LogP contribution in [0.3, 0.4) is 0 Å². The van der Waals surface area contributed by atoms with Crippen molar-refractivity contribution in [1.82, 2.24) is 0 Å². The maximum atomic E-state index is 2.42. The highest BCUT2D eigenvalue weighted by atomic mass is 14.3. The molecule has 0 spiro atoms. The van der Waals surface area contributed by atoms with Gasteiger partial charge < -0.3 is 0 Å². The van der Waals surface area contributed by atoms with Crippen LogP contribution in [0.5, 0.6) is 0 Å². The molecule has 644 valence electrons. The summed E-state index contributed by atoms with van der Waals surface area (Å²) in [5.74, 6) is 0. The Morgan fingerprint density at radius 3 is 0.572 bits per heavy atom. The van der Waals surface area contributed by atoms with Gasteiger partial charge in [-0.1, -0.05) is 485 Å². The predicted molar refractivity (Wildman–Crippen MR) is 593 cm³/mol. The van der Waals surface area contributed by atoms with Gasteiger partial charge in [0, 0.05) is 0 Å². The van der Waals surface area contributed by atoms with Crippen LogP contribution in [-0.4, -0.2) is 0 Å². The van der Waals surface area contributed by atoms with Gasteiger partial charge in [-0.15, -0.1) is 0 Å². The van der Waals surface area contributed by atoms with E-state index < -0.39 is 0 Å². The molecule has 0 bridgehead atoms. The van der Waals surface area contributed by atoms with Crippen molar-refractivity contribution in [2.45, 2.75) is 0 Å². The molecule has 0 heteroatoms. The van der Waals surface area contributed by atoms with E-state index in [0.717, 1.165) is 0 Å². The Morgan fingerprint density at radius 1 is 0.0725 bits per heavy atom. The monoisotopic (exact) mass is 1750 g/mol. The van der Waals surface area contributed by atoms with Crippen LogP contribution < -0.4 is 0 Å². The summed E-state index contributed by atoms with van der Waals surface area (Å²) in [6.45, 7) is 0. The van der Waals surface area contributed by atoms with Crippen LogP contribution in [0.4, 0.5) is 0 Å². The van der Waals surface area contributed by atoms with E-state index in [0.29, 0.717) is 0 Å². The zero-order valence-corrected chi connectivity index (χ0v) is 76.1. The average molecular weight is 1750 g/mol. The molecule has 0 fully saturated rings. The van der Waals surface area contributed by atoms with Gasteiger partial charge in [0.2, 0.25) is 0 Å². The van der Waals surface area contributed by atoms with Crippen LogP contribution in [0, 0.1) is 0 Å². The molecule has 0 amide bonds. The van der Waals surface area contributed by atoms with Gasteiger partial charge in [0.05, 0.1) is 0 Å². The predicted octanol–water partition coefficient (Wildman–Crippen LogP) is 38.8. The van der Waals surface area contributed by atoms with E-state index in [-0.39, 0.29) is 0 Å². The molecule has 26 aromatic carbocycles. The van der Waals surface area contributed by atoms with Crippen LogP contribution in [0.25, 0.3) is 253 Å². The zero-order valence-electron chi connectivity index (χ0n) is 76.1. The molecule has 138 heavy (non-hydrogen) atoms. The van der Waals surface area contributed by atoms with Crippen molar-refractivity contribution in [3.8, 4) is 156 Å². The number of rotatable bonds is 14. The van der Waals surface area contributed by atoms with E-state index in [4.69, 9.17) is 0 Å². The zero-order chi connectivity index (χ0) is 91.6. The van der Waals surface area contributed by atoms with Crippen LogP contribution in [0.2, 0.25) is 0 Å². The number of hydrogen-bond donors (Lipinski definition) is 0. The molecule has 0 aliphatic heterocycles. The Morgan fingerprint density at radius 2 is 0.254 bits per heavy atom. The van der Waals surface area contributed by atoms with Crippen molar-refractivity contribution in [1.29, 1.82) is 0 Å². The van der Waals surface area contributed by atoms with E-state index in [1.54, 1.807) is 0 Å². The first-order chi connectivity index (χ1) is 68.5. The van der Waals surface area contributed by atoms with E-state index in [1.165, 1.54) is 253 Å². The molecular formula is C138H92. The van der Waals surface area contributed by atoms with Gasteiger partial charge in [0.1, 0.15) is 0 Å². The van der Waals surface area contributed by atoms with Gasteiger partial charge in [-0.3, -0.25) is 0 Å². The van der Waals surface area contributed by atoms with Crippen LogP contribution >= 0.6 is 0 Å². The normalized spacial score (nSPS) is 11.3. The lowest BCUT2D eigenvalue weighted by atomic mass is 9.82. The molecule has 0 saturated carbocycles. The fourth-order valence-corrected chi connectivity index (χ4v) is 21.2. The van der Waals surface area contributed by atoms with Crippen LogP contribution in [-0.2, 0) is 0 Å². The first-order valence-electron chi connectivity index (χ1n) is 47.7. The van der Waals surface area contributed by atoms with Gasteiger partial charge in [0.15, 0.2) is 0 Å². The minimum Gasteiger partial charge on any atom is -0.0622 e. The molecule has 0 aliphatic rings. The highest BCUT2D eigenvalue weighted by molar-refractivity contribution is 6.28. The fraction of sp³-hybridized carbons (Fsp3) is 0. The molecule has 0 atom stereocenters. The molecule has 0 aliphatic carbocycles. The quantitative estimate of drug-likeness (QED) is 0.0952. The summed E-state index contributed by atoms with van der Waals surface area (Å²) in [6.07, 6.45) is 0. The standard InChI is InChI=1S/2C48H32.C42H28/c1-4-15-33(16-5-1)36-23-14-24-40(29-36)47-42-25-12-13-26-43(42)48(46-31-38-22-11-10-21-37(38)30-45(46)47)44-32-39(34-17-6-2-7-18-34)27-28-41(44)35-19-8-3-9-20-35;1-4-14-33(15-5-1)36-24-26-37(27-25-36)47-43-22-12-13-23-44(43)48(46-32-39-21-11-10-20-38(39)31-45(46)47)42-29-40(34-16-6-2-7-17-34)28-41(30-42)35-18-8-3-9-19-35;1-4-14-29(15-5-1)34-24-25-35(30-16-6-2-7-17-30)38(28-34)42-37-23-13-12-22-36(37)41(31-18-8-3-9-19-31)39-26-32-20-10-11-21-33(32)27-40(39)42/h2*1-32H;1-28H. The van der Waals surface area contributed by atoms with Crippen molar-refractivity contribution in [3.63, 3.8) is 0 Å². The summed E-state index contributed by atoms with van der Waals surface area (Å²) in [5, 5.41) is 22.6. The summed E-state index contributed by atoms with van der Waals surface area (Å²) in [4.78, 5) is 0. The smallest absolute Gasteiger partial charge is 0.00197 e. The van der Waals surface area contributed by atoms with E-state index in [2.05, 4.69) is 558 Å². The van der Waals surface area contributed by atoms with Gasteiger partial charge in [-0.2, -0.15) is 0 Å². The second-order valence-electron chi connectivity index (χ2n) is 35.9. The molecule has 0 saturated heterocycles. The second-order valence-corrected chi connectivity index (χ2v) is 35.9. The molecule has 0 unspecified atom stereocenters. The fourth-order valence-electron chi connectivity index (χ4n) is 21.2. The maximum absolute atomic E-state index is 2.42. The third kappa shape index (κ3) is 16.0. The lowest BCUT2D eigenvalue weighted by molar-refractivity contribution is 1.58. The summed E-state index contributed by atoms with van der Waals surface area (Å²) < 4.78 is 0. The highest BCUT2D eigenvalue weighted by Crippen LogP contribution is 2.53. The average Bonchev–Trinajstić information content (AvgIpc) is 0.731. The number of benzene rings is 26. The topological polar surface area (TPSA) is 0 Å². The number of hydrogen-bond acceptors (Lipinski definition) is 0. The lowest BCUT2D eigenvalue weighted by Gasteiger charge is -2.21. The van der Waals surface area contributed by atoms with E-state index in [9.17, 15) is 0 Å². The minimum atomic E-state index is 1.21. The summed E-state index contributed by atoms with van der Waals surface area (Å²) >= 11 is 0. The summed E-state index contributed by atoms with van der Waals surface area (Å²) in [6, 6.07) is 203. The Hall–Kier alpha value is -17.9. The molecule has 0 N–H and O–H groups in total. The van der Waals surface area contributed by atoms with E-state index in [1.807, 2.05) is 0 Å². The third-order valence-corrected chi connectivity index (χ3v) is 27.7. The Bertz CT molecular complexity index is 8970. The SMILES string of the molecule is c1ccc(-c2ccc(-c3c4ccccc4c(-c4cc(-c5ccccc5)cc(-c5ccccc5)c4)c4cc5ccccc5cc34)cc2)cc1.c1ccc(-c2ccc(-c3ccccc3)c(-c3c4ccccc4c(-c4ccccc4)c4cc5ccccc5cc34)c2)cc1.c1ccc(-c2cccc(-c3c4ccccc4c(-c4cc(-c5ccccc5)ccc4-c4ccccc4)c4cc5ccccc5cc34)c2)cc1. The molecule has 0 radical (unpaired) electrons. The van der Waals surface area contributed by atoms with Crippen LogP contribution in [0.15, 0.2) is 558 Å². The van der Waals surface area contributed by atoms with Gasteiger partial charge >= 0.3 is 0 Å². The molecular weight excluding hydrogens is 1660 g/mol. The second kappa shape index (κ2) is 36.9. The molecule has 26 rings (SSSR count). The van der Waals surface area contributed by atoms with Crippen molar-refractivity contribution in [2.75, 3.05) is 0 Å². The van der Waals surface area contributed by atoms with Crippen molar-refractivity contribution >= 4 is 97.0 Å². The number of fused-ring (bicyclic) bond motifs is 9.